The number of carbonyl (C=O) groups excluding carboxylic acids is 2. The van der Waals surface area contributed by atoms with Gasteiger partial charge in [-0.25, -0.2) is 4.39 Å². The van der Waals surface area contributed by atoms with E-state index in [1.807, 2.05) is 30.3 Å². The van der Waals surface area contributed by atoms with Crippen LogP contribution in [0.15, 0.2) is 60.7 Å². The van der Waals surface area contributed by atoms with Gasteiger partial charge in [-0.05, 0) is 29.3 Å². The van der Waals surface area contributed by atoms with Gasteiger partial charge in [0.05, 0.1) is 12.0 Å². The Hall–Kier alpha value is -2.99. The normalized spacial score (nSPS) is 10.4. The summed E-state index contributed by atoms with van der Waals surface area (Å²) in [5.41, 5.74) is 7.17. The molecule has 126 valence electrons. The van der Waals surface area contributed by atoms with Crippen LogP contribution >= 0.6 is 11.3 Å². The maximum absolute atomic E-state index is 13.2. The first-order chi connectivity index (χ1) is 12.0. The largest absolute Gasteiger partial charge is 0.366 e. The smallest absolute Gasteiger partial charge is 0.251 e. The van der Waals surface area contributed by atoms with E-state index in [2.05, 4.69) is 5.32 Å². The minimum absolute atomic E-state index is 0.00846. The number of benzene rings is 2. The topological polar surface area (TPSA) is 72.2 Å². The highest BCUT2D eigenvalue weighted by molar-refractivity contribution is 7.20. The number of anilines is 1. The lowest BCUT2D eigenvalue weighted by Gasteiger charge is -2.05. The van der Waals surface area contributed by atoms with E-state index in [9.17, 15) is 14.0 Å². The van der Waals surface area contributed by atoms with Gasteiger partial charge in [0, 0.05) is 4.88 Å². The molecule has 4 nitrogen and oxygen atoms in total. The van der Waals surface area contributed by atoms with Crippen LogP contribution in [0.3, 0.4) is 0 Å². The summed E-state index contributed by atoms with van der Waals surface area (Å²) in [5.74, 6) is -1.35. The molecule has 2 aromatic carbocycles. The number of hydrogen-bond donors (Lipinski definition) is 2. The number of hydrogen-bond acceptors (Lipinski definition) is 3. The highest BCUT2D eigenvalue weighted by atomic mass is 32.1. The molecule has 1 heterocycles. The number of nitrogens with one attached hydrogen (secondary N) is 1. The quantitative estimate of drug-likeness (QED) is 0.731. The second kappa shape index (κ2) is 7.27. The van der Waals surface area contributed by atoms with Gasteiger partial charge < -0.3 is 11.1 Å². The van der Waals surface area contributed by atoms with Gasteiger partial charge in [-0.15, -0.1) is 11.3 Å². The standard InChI is InChI=1S/C19H15FN2O2S/c20-14-8-4-5-12(9-14)10-17(23)22-19-15(18(21)24)11-16(25-19)13-6-2-1-3-7-13/h1-9,11H,10H2,(H2,21,24)(H,22,23). The maximum Gasteiger partial charge on any atom is 0.251 e. The fraction of sp³-hybridized carbons (Fsp3) is 0.0526. The van der Waals surface area contributed by atoms with Crippen molar-refractivity contribution in [3.63, 3.8) is 0 Å². The van der Waals surface area contributed by atoms with Gasteiger partial charge in [-0.1, -0.05) is 42.5 Å². The third kappa shape index (κ3) is 4.10. The minimum atomic E-state index is -0.612. The molecule has 0 fully saturated rings. The van der Waals surface area contributed by atoms with Crippen molar-refractivity contribution in [2.75, 3.05) is 5.32 Å². The summed E-state index contributed by atoms with van der Waals surface area (Å²) < 4.78 is 13.2. The lowest BCUT2D eigenvalue weighted by atomic mass is 10.1. The number of thiophene rings is 1. The fourth-order valence-electron chi connectivity index (χ4n) is 2.41. The molecule has 0 unspecified atom stereocenters. The summed E-state index contributed by atoms with van der Waals surface area (Å²) in [5, 5.41) is 3.10. The predicted molar refractivity (Wildman–Crippen MR) is 97.0 cm³/mol. The number of amides is 2. The minimum Gasteiger partial charge on any atom is -0.366 e. The third-order valence-corrected chi connectivity index (χ3v) is 4.66. The summed E-state index contributed by atoms with van der Waals surface area (Å²) in [4.78, 5) is 24.7. The second-order valence-electron chi connectivity index (χ2n) is 5.44. The maximum atomic E-state index is 13.2. The zero-order valence-corrected chi connectivity index (χ0v) is 14.0. The van der Waals surface area contributed by atoms with Crippen molar-refractivity contribution in [3.05, 3.63) is 77.6 Å². The summed E-state index contributed by atoms with van der Waals surface area (Å²) in [6.45, 7) is 0. The third-order valence-electron chi connectivity index (χ3n) is 3.56. The van der Waals surface area contributed by atoms with Crippen molar-refractivity contribution in [1.29, 1.82) is 0 Å². The van der Waals surface area contributed by atoms with Crippen LogP contribution in [-0.2, 0) is 11.2 Å². The zero-order chi connectivity index (χ0) is 17.8. The van der Waals surface area contributed by atoms with Crippen molar-refractivity contribution in [2.45, 2.75) is 6.42 Å². The van der Waals surface area contributed by atoms with Crippen LogP contribution in [0.1, 0.15) is 15.9 Å². The van der Waals surface area contributed by atoms with Gasteiger partial charge in [-0.3, -0.25) is 9.59 Å². The first-order valence-electron chi connectivity index (χ1n) is 7.56. The molecular formula is C19H15FN2O2S. The van der Waals surface area contributed by atoms with Gasteiger partial charge >= 0.3 is 0 Å². The lowest BCUT2D eigenvalue weighted by Crippen LogP contribution is -2.17. The van der Waals surface area contributed by atoms with Gasteiger partial charge in [-0.2, -0.15) is 0 Å². The van der Waals surface area contributed by atoms with Gasteiger partial charge in [0.1, 0.15) is 10.8 Å². The highest BCUT2D eigenvalue weighted by Crippen LogP contribution is 2.35. The number of rotatable bonds is 5. The molecule has 25 heavy (non-hydrogen) atoms. The summed E-state index contributed by atoms with van der Waals surface area (Å²) >= 11 is 1.28. The van der Waals surface area contributed by atoms with Crippen molar-refractivity contribution in [2.24, 2.45) is 5.73 Å². The molecule has 3 rings (SSSR count). The van der Waals surface area contributed by atoms with Crippen LogP contribution in [0.2, 0.25) is 0 Å². The first kappa shape index (κ1) is 16.9. The monoisotopic (exact) mass is 354 g/mol. The molecule has 0 aliphatic carbocycles. The molecule has 1 aromatic heterocycles. The van der Waals surface area contributed by atoms with Crippen molar-refractivity contribution >= 4 is 28.2 Å². The van der Waals surface area contributed by atoms with Crippen LogP contribution in [0.25, 0.3) is 10.4 Å². The Morgan fingerprint density at radius 1 is 1.04 bits per heavy atom. The van der Waals surface area contributed by atoms with Crippen molar-refractivity contribution in [1.82, 2.24) is 0 Å². The van der Waals surface area contributed by atoms with Crippen LogP contribution in [0.5, 0.6) is 0 Å². The van der Waals surface area contributed by atoms with Crippen LogP contribution < -0.4 is 11.1 Å². The molecule has 3 N–H and O–H groups in total. The zero-order valence-electron chi connectivity index (χ0n) is 13.2. The number of carbonyl (C=O) groups is 2. The Labute approximate surface area is 148 Å². The Morgan fingerprint density at radius 2 is 1.80 bits per heavy atom. The molecule has 3 aromatic rings. The van der Waals surface area contributed by atoms with E-state index in [1.165, 1.54) is 23.5 Å². The molecule has 0 radical (unpaired) electrons. The highest BCUT2D eigenvalue weighted by Gasteiger charge is 2.17. The molecular weight excluding hydrogens is 339 g/mol. The van der Waals surface area contributed by atoms with Gasteiger partial charge in [0.25, 0.3) is 5.91 Å². The SMILES string of the molecule is NC(=O)c1cc(-c2ccccc2)sc1NC(=O)Cc1cccc(F)c1. The number of nitrogens with two attached hydrogens (primary N) is 1. The lowest BCUT2D eigenvalue weighted by molar-refractivity contribution is -0.115. The van der Waals surface area contributed by atoms with E-state index in [4.69, 9.17) is 5.73 Å². The van der Waals surface area contributed by atoms with Crippen LogP contribution in [0, 0.1) is 5.82 Å². The second-order valence-corrected chi connectivity index (χ2v) is 6.49. The molecule has 0 aliphatic rings. The van der Waals surface area contributed by atoms with Crippen molar-refractivity contribution in [3.8, 4) is 10.4 Å². The molecule has 0 saturated carbocycles. The summed E-state index contributed by atoms with van der Waals surface area (Å²) in [7, 11) is 0. The number of primary amides is 1. The summed E-state index contributed by atoms with van der Waals surface area (Å²) in [6.07, 6.45) is 0.00846. The van der Waals surface area contributed by atoms with Gasteiger partial charge in [0.15, 0.2) is 0 Å². The Balaban J connectivity index is 1.82. The van der Waals surface area contributed by atoms with E-state index < -0.39 is 11.7 Å². The average Bonchev–Trinajstić information content (AvgIpc) is 2.99. The van der Waals surface area contributed by atoms with Crippen LogP contribution in [0.4, 0.5) is 9.39 Å². The van der Waals surface area contributed by atoms with E-state index >= 15 is 0 Å². The molecule has 6 heteroatoms. The fourth-order valence-corrected chi connectivity index (χ4v) is 3.50. The first-order valence-corrected chi connectivity index (χ1v) is 8.38. The predicted octanol–water partition coefficient (Wildman–Crippen LogP) is 3.83. The van der Waals surface area contributed by atoms with Gasteiger partial charge in [0.2, 0.25) is 5.91 Å². The summed E-state index contributed by atoms with van der Waals surface area (Å²) in [6, 6.07) is 17.0. The number of halogens is 1. The molecule has 0 spiro atoms. The Morgan fingerprint density at radius 3 is 2.48 bits per heavy atom. The van der Waals surface area contributed by atoms with Crippen LogP contribution in [-0.4, -0.2) is 11.8 Å². The average molecular weight is 354 g/mol. The Kier molecular flexibility index (Phi) is 4.90. The molecule has 0 saturated heterocycles. The molecule has 2 amide bonds. The van der Waals surface area contributed by atoms with Crippen molar-refractivity contribution < 1.29 is 14.0 Å². The van der Waals surface area contributed by atoms with E-state index in [0.29, 0.717) is 10.6 Å². The Bertz CT molecular complexity index is 922. The van der Waals surface area contributed by atoms with E-state index in [0.717, 1.165) is 10.4 Å². The molecule has 0 atom stereocenters. The van der Waals surface area contributed by atoms with E-state index in [-0.39, 0.29) is 17.9 Å². The molecule has 0 bridgehead atoms. The molecule has 0 aliphatic heterocycles. The van der Waals surface area contributed by atoms with E-state index in [1.54, 1.807) is 18.2 Å².